The van der Waals surface area contributed by atoms with Gasteiger partial charge in [0.2, 0.25) is 11.6 Å². The van der Waals surface area contributed by atoms with Crippen LogP contribution in [0.4, 0.5) is 0 Å². The summed E-state index contributed by atoms with van der Waals surface area (Å²) in [5.41, 5.74) is 5.52. The third-order valence-electron chi connectivity index (χ3n) is 4.15. The zero-order valence-electron chi connectivity index (χ0n) is 16.1. The summed E-state index contributed by atoms with van der Waals surface area (Å²) in [7, 11) is 0. The number of fused-ring (bicyclic) bond motifs is 1. The monoisotopic (exact) mass is 326 g/mol. The molecule has 1 aromatic carbocycles. The van der Waals surface area contributed by atoms with Crippen molar-refractivity contribution < 1.29 is 9.59 Å². The Bertz CT molecular complexity index is 684. The fourth-order valence-electron chi connectivity index (χ4n) is 2.89. The molecule has 0 bridgehead atoms. The summed E-state index contributed by atoms with van der Waals surface area (Å²) >= 11 is 0. The van der Waals surface area contributed by atoms with E-state index in [0.717, 1.165) is 29.5 Å². The number of hydrogen-bond donors (Lipinski definition) is 0. The van der Waals surface area contributed by atoms with Crippen LogP contribution in [0.15, 0.2) is 29.4 Å². The first-order chi connectivity index (χ1) is 11.3. The van der Waals surface area contributed by atoms with Crippen LogP contribution in [0.1, 0.15) is 75.0 Å². The van der Waals surface area contributed by atoms with Gasteiger partial charge in [0.1, 0.15) is 0 Å². The van der Waals surface area contributed by atoms with Gasteiger partial charge in [0.15, 0.2) is 0 Å². The molecule has 0 aliphatic heterocycles. The Balaban J connectivity index is 0.00000139. The Kier molecular flexibility index (Phi) is 7.34. The molecule has 2 heteroatoms. The highest BCUT2D eigenvalue weighted by atomic mass is 16.2. The van der Waals surface area contributed by atoms with Crippen LogP contribution in [-0.4, -0.2) is 11.6 Å². The van der Waals surface area contributed by atoms with E-state index in [9.17, 15) is 9.59 Å². The van der Waals surface area contributed by atoms with Crippen LogP contribution in [0, 0.1) is 12.8 Å². The van der Waals surface area contributed by atoms with Gasteiger partial charge in [-0.15, -0.1) is 0 Å². The predicted molar refractivity (Wildman–Crippen MR) is 102 cm³/mol. The van der Waals surface area contributed by atoms with E-state index in [1.807, 2.05) is 52.8 Å². The number of ketones is 2. The van der Waals surface area contributed by atoms with E-state index in [1.165, 1.54) is 5.57 Å². The molecule has 24 heavy (non-hydrogen) atoms. The van der Waals surface area contributed by atoms with Crippen molar-refractivity contribution in [3.05, 3.63) is 51.6 Å². The molecule has 0 saturated heterocycles. The van der Waals surface area contributed by atoms with E-state index < -0.39 is 0 Å². The van der Waals surface area contributed by atoms with Gasteiger partial charge in [0.05, 0.1) is 0 Å². The molecule has 0 spiro atoms. The summed E-state index contributed by atoms with van der Waals surface area (Å²) in [6.07, 6.45) is 5.75. The number of rotatable bonds is 4. The molecular weight excluding hydrogens is 296 g/mol. The first-order valence-electron chi connectivity index (χ1n) is 8.89. The van der Waals surface area contributed by atoms with Crippen molar-refractivity contribution in [2.75, 3.05) is 0 Å². The molecule has 1 aliphatic carbocycles. The van der Waals surface area contributed by atoms with E-state index in [2.05, 4.69) is 19.9 Å². The van der Waals surface area contributed by atoms with E-state index >= 15 is 0 Å². The number of hydrogen-bond acceptors (Lipinski definition) is 2. The van der Waals surface area contributed by atoms with Crippen molar-refractivity contribution in [1.29, 1.82) is 0 Å². The van der Waals surface area contributed by atoms with Gasteiger partial charge in [-0.3, -0.25) is 9.59 Å². The maximum atomic E-state index is 12.6. The predicted octanol–water partition coefficient (Wildman–Crippen LogP) is 5.72. The quantitative estimate of drug-likeness (QED) is 0.523. The van der Waals surface area contributed by atoms with Gasteiger partial charge in [0.25, 0.3) is 0 Å². The Hall–Kier alpha value is -1.96. The van der Waals surface area contributed by atoms with Gasteiger partial charge in [-0.25, -0.2) is 0 Å². The minimum Gasteiger partial charge on any atom is -0.285 e. The summed E-state index contributed by atoms with van der Waals surface area (Å²) in [5.74, 6) is -0.603. The van der Waals surface area contributed by atoms with Crippen molar-refractivity contribution in [1.82, 2.24) is 0 Å². The maximum absolute atomic E-state index is 12.6. The van der Waals surface area contributed by atoms with Gasteiger partial charge in [-0.05, 0) is 62.3 Å². The van der Waals surface area contributed by atoms with Crippen molar-refractivity contribution in [2.45, 2.75) is 61.3 Å². The Morgan fingerprint density at radius 3 is 2.25 bits per heavy atom. The normalized spacial score (nSPS) is 13.1. The van der Waals surface area contributed by atoms with Crippen molar-refractivity contribution >= 4 is 17.6 Å². The topological polar surface area (TPSA) is 34.1 Å². The molecule has 0 radical (unpaired) electrons. The lowest BCUT2D eigenvalue weighted by atomic mass is 9.81. The van der Waals surface area contributed by atoms with Crippen LogP contribution >= 0.6 is 0 Å². The Morgan fingerprint density at radius 2 is 1.71 bits per heavy atom. The number of allylic oxidation sites excluding steroid dienone is 3. The van der Waals surface area contributed by atoms with E-state index in [4.69, 9.17) is 0 Å². The van der Waals surface area contributed by atoms with Crippen LogP contribution in [-0.2, 0) is 11.2 Å². The van der Waals surface area contributed by atoms with Crippen molar-refractivity contribution in [3.8, 4) is 0 Å². The summed E-state index contributed by atoms with van der Waals surface area (Å²) in [6, 6.07) is 4.01. The zero-order chi connectivity index (χ0) is 18.4. The second-order valence-electron chi connectivity index (χ2n) is 6.56. The SMILES string of the molecule is CC.CC(C)=CCCc1c(C)ccc2c1C(=O)C(=O)C(C(C)C)=C2. The number of carbonyl (C=O) groups excluding carboxylic acids is 2. The smallest absolute Gasteiger partial charge is 0.234 e. The van der Waals surface area contributed by atoms with E-state index in [-0.39, 0.29) is 17.5 Å². The Morgan fingerprint density at radius 1 is 1.08 bits per heavy atom. The summed E-state index contributed by atoms with van der Waals surface area (Å²) in [4.78, 5) is 24.9. The standard InChI is InChI=1S/C20H24O2.C2H6/c1-12(2)7-6-8-16-14(5)9-10-15-11-17(13(3)4)19(21)20(22)18(15)16;1-2/h7,9-11,13H,6,8H2,1-5H3;1-2H3. The largest absolute Gasteiger partial charge is 0.285 e. The summed E-state index contributed by atoms with van der Waals surface area (Å²) in [5, 5.41) is 0. The molecule has 0 heterocycles. The van der Waals surface area contributed by atoms with Gasteiger partial charge in [0, 0.05) is 11.1 Å². The average Bonchev–Trinajstić information content (AvgIpc) is 2.54. The van der Waals surface area contributed by atoms with Gasteiger partial charge in [-0.2, -0.15) is 0 Å². The number of carbonyl (C=O) groups is 2. The minimum atomic E-state index is -0.337. The lowest BCUT2D eigenvalue weighted by Gasteiger charge is -2.21. The van der Waals surface area contributed by atoms with Crippen LogP contribution in [0.5, 0.6) is 0 Å². The van der Waals surface area contributed by atoms with Gasteiger partial charge in [-0.1, -0.05) is 51.5 Å². The fourth-order valence-corrected chi connectivity index (χ4v) is 2.89. The molecule has 0 fully saturated rings. The Labute approximate surface area is 146 Å². The molecule has 0 saturated carbocycles. The van der Waals surface area contributed by atoms with Crippen molar-refractivity contribution in [3.63, 3.8) is 0 Å². The first kappa shape index (κ1) is 20.1. The van der Waals surface area contributed by atoms with Crippen LogP contribution < -0.4 is 0 Å². The molecule has 0 amide bonds. The molecular formula is C22H30O2. The molecule has 1 aliphatic rings. The molecule has 2 rings (SSSR count). The van der Waals surface area contributed by atoms with Crippen LogP contribution in [0.25, 0.3) is 6.08 Å². The van der Waals surface area contributed by atoms with E-state index in [1.54, 1.807) is 0 Å². The lowest BCUT2D eigenvalue weighted by Crippen LogP contribution is -2.25. The van der Waals surface area contributed by atoms with Crippen LogP contribution in [0.3, 0.4) is 0 Å². The molecule has 0 N–H and O–H groups in total. The third kappa shape index (κ3) is 4.31. The maximum Gasteiger partial charge on any atom is 0.234 e. The number of aryl methyl sites for hydroxylation is 1. The molecule has 0 aromatic heterocycles. The molecule has 0 unspecified atom stereocenters. The van der Waals surface area contributed by atoms with Gasteiger partial charge < -0.3 is 0 Å². The zero-order valence-corrected chi connectivity index (χ0v) is 16.1. The highest BCUT2D eigenvalue weighted by Gasteiger charge is 2.31. The third-order valence-corrected chi connectivity index (χ3v) is 4.15. The molecule has 2 nitrogen and oxygen atoms in total. The molecule has 130 valence electrons. The minimum absolute atomic E-state index is 0.0695. The number of benzene rings is 1. The van der Waals surface area contributed by atoms with E-state index in [0.29, 0.717) is 11.1 Å². The number of Topliss-reactive ketones (excluding diaryl/α,β-unsaturated/α-hetero) is 2. The second kappa shape index (κ2) is 8.77. The highest BCUT2D eigenvalue weighted by Crippen LogP contribution is 2.30. The first-order valence-corrected chi connectivity index (χ1v) is 8.89. The highest BCUT2D eigenvalue weighted by molar-refractivity contribution is 6.52. The average molecular weight is 326 g/mol. The summed E-state index contributed by atoms with van der Waals surface area (Å²) < 4.78 is 0. The summed E-state index contributed by atoms with van der Waals surface area (Å²) in [6.45, 7) is 14.1. The van der Waals surface area contributed by atoms with Crippen LogP contribution in [0.2, 0.25) is 0 Å². The van der Waals surface area contributed by atoms with Crippen molar-refractivity contribution in [2.24, 2.45) is 5.92 Å². The van der Waals surface area contributed by atoms with Gasteiger partial charge >= 0.3 is 0 Å². The molecule has 1 aromatic rings. The lowest BCUT2D eigenvalue weighted by molar-refractivity contribution is -0.112. The fraction of sp³-hybridized carbons (Fsp3) is 0.455. The molecule has 0 atom stereocenters. The second-order valence-corrected chi connectivity index (χ2v) is 6.56.